The highest BCUT2D eigenvalue weighted by Crippen LogP contribution is 2.59. The van der Waals surface area contributed by atoms with Gasteiger partial charge in [0.25, 0.3) is 0 Å². The summed E-state index contributed by atoms with van der Waals surface area (Å²) in [5, 5.41) is 8.77. The maximum absolute atomic E-state index is 8.77. The molecule has 0 spiro atoms. The van der Waals surface area contributed by atoms with Gasteiger partial charge in [-0.25, -0.2) is 4.89 Å². The fourth-order valence-electron chi connectivity index (χ4n) is 3.81. The van der Waals surface area contributed by atoms with Gasteiger partial charge in [0.2, 0.25) is 0 Å². The van der Waals surface area contributed by atoms with Gasteiger partial charge in [-0.05, 0) is 41.9 Å². The van der Waals surface area contributed by atoms with E-state index >= 15 is 0 Å². The van der Waals surface area contributed by atoms with E-state index in [1.165, 1.54) is 0 Å². The van der Waals surface area contributed by atoms with Gasteiger partial charge in [-0.15, -0.1) is 0 Å². The average molecular weight is 228 g/mol. The average Bonchev–Trinajstić information content (AvgIpc) is 2.14. The molecule has 2 nitrogen and oxygen atoms in total. The van der Waals surface area contributed by atoms with Crippen molar-refractivity contribution < 1.29 is 10.1 Å². The van der Waals surface area contributed by atoms with Gasteiger partial charge in [0.05, 0.1) is 6.10 Å². The number of hydrogen-bond acceptors (Lipinski definition) is 2. The first-order valence-corrected chi connectivity index (χ1v) is 6.44. The van der Waals surface area contributed by atoms with Gasteiger partial charge in [0, 0.05) is 0 Å². The zero-order chi connectivity index (χ0) is 12.6. The third-order valence-electron chi connectivity index (χ3n) is 4.81. The Morgan fingerprint density at radius 3 is 1.56 bits per heavy atom. The Hall–Kier alpha value is -0.0800. The minimum Gasteiger partial charge on any atom is -0.252 e. The molecular weight excluding hydrogens is 200 g/mol. The van der Waals surface area contributed by atoms with Crippen LogP contribution in [-0.4, -0.2) is 11.4 Å². The maximum atomic E-state index is 8.77. The fraction of sp³-hybridized carbons (Fsp3) is 1.00. The van der Waals surface area contributed by atoms with Crippen LogP contribution in [0.5, 0.6) is 0 Å². The molecule has 16 heavy (non-hydrogen) atoms. The van der Waals surface area contributed by atoms with Crippen LogP contribution in [0.25, 0.3) is 0 Å². The summed E-state index contributed by atoms with van der Waals surface area (Å²) in [7, 11) is 0. The Labute approximate surface area is 100 Å². The van der Waals surface area contributed by atoms with Gasteiger partial charge in [0.15, 0.2) is 0 Å². The molecule has 1 aliphatic rings. The van der Waals surface area contributed by atoms with E-state index in [1.54, 1.807) is 0 Å². The predicted molar refractivity (Wildman–Crippen MR) is 67.3 cm³/mol. The summed E-state index contributed by atoms with van der Waals surface area (Å²) in [5.41, 5.74) is 0.937. The van der Waals surface area contributed by atoms with Crippen molar-refractivity contribution in [1.29, 1.82) is 0 Å². The van der Waals surface area contributed by atoms with Gasteiger partial charge in [-0.2, -0.15) is 0 Å². The topological polar surface area (TPSA) is 29.5 Å². The van der Waals surface area contributed by atoms with Gasteiger partial charge >= 0.3 is 0 Å². The Morgan fingerprint density at radius 1 is 0.938 bits per heavy atom. The molecule has 0 aliphatic heterocycles. The quantitative estimate of drug-likeness (QED) is 0.529. The third kappa shape index (κ3) is 2.28. The highest BCUT2D eigenvalue weighted by atomic mass is 17.1. The van der Waals surface area contributed by atoms with Crippen LogP contribution in [0.4, 0.5) is 0 Å². The van der Waals surface area contributed by atoms with Crippen LogP contribution in [0, 0.1) is 16.2 Å². The van der Waals surface area contributed by atoms with Gasteiger partial charge in [-0.3, -0.25) is 5.26 Å². The molecule has 0 radical (unpaired) electrons. The summed E-state index contributed by atoms with van der Waals surface area (Å²) < 4.78 is 0. The first-order chi connectivity index (χ1) is 7.14. The zero-order valence-electron chi connectivity index (χ0n) is 11.8. The summed E-state index contributed by atoms with van der Waals surface area (Å²) in [5.74, 6) is 0. The first kappa shape index (κ1) is 14.0. The maximum Gasteiger partial charge on any atom is 0.0927 e. The molecule has 0 heterocycles. The van der Waals surface area contributed by atoms with Crippen LogP contribution < -0.4 is 0 Å². The molecule has 0 bridgehead atoms. The van der Waals surface area contributed by atoms with Gasteiger partial charge in [-0.1, -0.05) is 41.5 Å². The smallest absolute Gasteiger partial charge is 0.0927 e. The minimum absolute atomic E-state index is 0.0535. The lowest BCUT2D eigenvalue weighted by molar-refractivity contribution is -0.292. The Morgan fingerprint density at radius 2 is 1.31 bits per heavy atom. The van der Waals surface area contributed by atoms with E-state index in [0.717, 1.165) is 25.7 Å². The zero-order valence-corrected chi connectivity index (χ0v) is 11.8. The predicted octanol–water partition coefficient (Wildman–Crippen LogP) is 4.50. The van der Waals surface area contributed by atoms with E-state index in [2.05, 4.69) is 46.4 Å². The third-order valence-corrected chi connectivity index (χ3v) is 4.81. The SMILES string of the molecule is CC(C)(C)C1(C(C)(C)C)CCC(OO)CC1. The molecule has 0 unspecified atom stereocenters. The lowest BCUT2D eigenvalue weighted by Gasteiger charge is -2.57. The molecule has 0 amide bonds. The second kappa shape index (κ2) is 4.30. The van der Waals surface area contributed by atoms with Crippen LogP contribution in [0.1, 0.15) is 67.2 Å². The van der Waals surface area contributed by atoms with E-state index in [1.807, 2.05) is 0 Å². The Kier molecular flexibility index (Phi) is 3.76. The molecule has 96 valence electrons. The first-order valence-electron chi connectivity index (χ1n) is 6.44. The molecule has 0 aromatic heterocycles. The van der Waals surface area contributed by atoms with Crippen LogP contribution in [0.2, 0.25) is 0 Å². The summed E-state index contributed by atoms with van der Waals surface area (Å²) in [6.07, 6.45) is 4.30. The molecule has 2 heteroatoms. The Bertz CT molecular complexity index is 208. The molecule has 1 rings (SSSR count). The lowest BCUT2D eigenvalue weighted by Crippen LogP contribution is -2.49. The standard InChI is InChI=1S/C14H28O2/c1-12(2,3)14(13(4,5)6)9-7-11(16-15)8-10-14/h11,15H,7-10H2,1-6H3. The number of rotatable bonds is 1. The number of hydrogen-bond donors (Lipinski definition) is 1. The van der Waals surface area contributed by atoms with Crippen LogP contribution in [0.15, 0.2) is 0 Å². The van der Waals surface area contributed by atoms with E-state index < -0.39 is 0 Å². The van der Waals surface area contributed by atoms with Crippen molar-refractivity contribution in [1.82, 2.24) is 0 Å². The molecule has 1 saturated carbocycles. The van der Waals surface area contributed by atoms with Crippen molar-refractivity contribution in [2.75, 3.05) is 0 Å². The van der Waals surface area contributed by atoms with Gasteiger partial charge in [0.1, 0.15) is 0 Å². The summed E-state index contributed by atoms with van der Waals surface area (Å²) in [6, 6.07) is 0. The fourth-order valence-corrected chi connectivity index (χ4v) is 3.81. The largest absolute Gasteiger partial charge is 0.252 e. The molecule has 1 fully saturated rings. The molecule has 1 N–H and O–H groups in total. The second-order valence-electron chi connectivity index (χ2n) is 7.39. The van der Waals surface area contributed by atoms with Crippen molar-refractivity contribution in [3.8, 4) is 0 Å². The van der Waals surface area contributed by atoms with Crippen molar-refractivity contribution in [3.05, 3.63) is 0 Å². The van der Waals surface area contributed by atoms with Crippen molar-refractivity contribution in [3.63, 3.8) is 0 Å². The molecule has 0 aromatic carbocycles. The molecule has 0 saturated heterocycles. The van der Waals surface area contributed by atoms with Crippen LogP contribution in [0.3, 0.4) is 0 Å². The molecule has 0 aromatic rings. The summed E-state index contributed by atoms with van der Waals surface area (Å²) in [6.45, 7) is 14.1. The van der Waals surface area contributed by atoms with Crippen LogP contribution in [-0.2, 0) is 4.89 Å². The second-order valence-corrected chi connectivity index (χ2v) is 7.39. The van der Waals surface area contributed by atoms with Crippen molar-refractivity contribution in [2.45, 2.75) is 73.3 Å². The van der Waals surface area contributed by atoms with Gasteiger partial charge < -0.3 is 0 Å². The molecule has 0 atom stereocenters. The molecular formula is C14H28O2. The summed E-state index contributed by atoms with van der Waals surface area (Å²) >= 11 is 0. The lowest BCUT2D eigenvalue weighted by atomic mass is 9.49. The van der Waals surface area contributed by atoms with E-state index in [0.29, 0.717) is 16.2 Å². The van der Waals surface area contributed by atoms with E-state index in [9.17, 15) is 0 Å². The van der Waals surface area contributed by atoms with E-state index in [-0.39, 0.29) is 6.10 Å². The highest BCUT2D eigenvalue weighted by molar-refractivity contribution is 5.01. The monoisotopic (exact) mass is 228 g/mol. The summed E-state index contributed by atoms with van der Waals surface area (Å²) in [4.78, 5) is 4.51. The van der Waals surface area contributed by atoms with Crippen molar-refractivity contribution in [2.24, 2.45) is 16.2 Å². The van der Waals surface area contributed by atoms with Crippen LogP contribution >= 0.6 is 0 Å². The Balaban J connectivity index is 2.93. The van der Waals surface area contributed by atoms with Crippen molar-refractivity contribution >= 4 is 0 Å². The highest BCUT2D eigenvalue weighted by Gasteiger charge is 2.51. The normalized spacial score (nSPS) is 23.4. The minimum atomic E-state index is 0.0535. The molecule has 1 aliphatic carbocycles. The van der Waals surface area contributed by atoms with E-state index in [4.69, 9.17) is 5.26 Å².